The molecule has 10 nitrogen and oxygen atoms in total. The minimum atomic E-state index is -0.962. The highest BCUT2D eigenvalue weighted by atomic mass is 15.5. The summed E-state index contributed by atoms with van der Waals surface area (Å²) in [6.07, 6.45) is 0. The van der Waals surface area contributed by atoms with Crippen molar-refractivity contribution in [3.63, 3.8) is 0 Å². The highest BCUT2D eigenvalue weighted by Gasteiger charge is 2.46. The lowest BCUT2D eigenvalue weighted by Gasteiger charge is -2.23. The summed E-state index contributed by atoms with van der Waals surface area (Å²) in [7, 11) is 0. The van der Waals surface area contributed by atoms with Crippen molar-refractivity contribution in [2.45, 2.75) is 27.7 Å². The van der Waals surface area contributed by atoms with Gasteiger partial charge < -0.3 is 0 Å². The van der Waals surface area contributed by atoms with E-state index in [1.807, 2.05) is 94.4 Å². The Balaban J connectivity index is 1.22. The van der Waals surface area contributed by atoms with Crippen LogP contribution in [0.2, 0.25) is 0 Å². The Kier molecular flexibility index (Phi) is 9.35. The predicted molar refractivity (Wildman–Crippen MR) is 265 cm³/mol. The second-order valence-electron chi connectivity index (χ2n) is 17.7. The van der Waals surface area contributed by atoms with Crippen molar-refractivity contribution in [3.05, 3.63) is 212 Å². The molecule has 0 aliphatic heterocycles. The van der Waals surface area contributed by atoms with Crippen LogP contribution < -0.4 is 0 Å². The number of para-hydroxylation sites is 2. The van der Waals surface area contributed by atoms with Gasteiger partial charge in [0.1, 0.15) is 30.9 Å². The van der Waals surface area contributed by atoms with Gasteiger partial charge in [-0.15, -0.1) is 0 Å². The van der Waals surface area contributed by atoms with Crippen molar-refractivity contribution in [3.8, 4) is 46.5 Å². The van der Waals surface area contributed by atoms with Gasteiger partial charge in [0.15, 0.2) is 0 Å². The molecule has 10 heteroatoms. The first-order valence-electron chi connectivity index (χ1n) is 21.4. The van der Waals surface area contributed by atoms with Crippen molar-refractivity contribution < 1.29 is 0 Å². The SMILES string of the molecule is [C-]#[N+]C([N+]#[C-])=C1c2cc(-c3ccc4c5ccccc5n(-n5c6ccccc6c6ccc(-c7ccc8c(c7)C(=C(C#N)C#N)C(C)(C)/C8=C(\C#N)[N+]#[C-])cc65)c4c3)ccc2/C(=C(\C#N)[N+]#[C-])C1(C)C. The van der Waals surface area contributed by atoms with E-state index in [0.717, 1.165) is 65.9 Å². The Hall–Kier alpha value is -10.2. The van der Waals surface area contributed by atoms with E-state index in [-0.39, 0.29) is 22.8 Å². The molecule has 6 aromatic carbocycles. The van der Waals surface area contributed by atoms with E-state index >= 15 is 0 Å². The molecule has 0 amide bonds. The number of rotatable bonds is 3. The summed E-state index contributed by atoms with van der Waals surface area (Å²) in [6.45, 7) is 38.8. The molecule has 0 saturated heterocycles. The van der Waals surface area contributed by atoms with Crippen LogP contribution in [0.3, 0.4) is 0 Å². The molecule has 2 heterocycles. The number of hydrogen-bond donors (Lipinski definition) is 0. The standard InChI is InChI=1S/C58H32N10/c1-57(2)52(37(29-59)30-60)44-25-33(19-23-42(44)53(57)46(31-61)63-5)35-17-21-40-38-13-9-11-15-48(38)67(50(40)27-35)68-49-16-12-10-14-39(49)41-22-18-36(28-51(41)68)34-20-24-43-45(26-34)55(56(65-7)66-8)58(3,4)54(43)47(32-62)64-6/h9-28H,1-4H3/b53-46+,54-47-. The highest BCUT2D eigenvalue weighted by molar-refractivity contribution is 6.13. The molecule has 8 aromatic rings. The number of hydrogen-bond acceptors (Lipinski definition) is 4. The minimum Gasteiger partial charge on any atom is -0.248 e. The normalized spacial score (nSPS) is 15.5. The van der Waals surface area contributed by atoms with E-state index in [0.29, 0.717) is 44.5 Å². The van der Waals surface area contributed by atoms with Gasteiger partial charge in [-0.3, -0.25) is 0 Å². The molecule has 0 bridgehead atoms. The average Bonchev–Trinajstić information content (AvgIpc) is 4.00. The van der Waals surface area contributed by atoms with Crippen molar-refractivity contribution in [1.82, 2.24) is 9.35 Å². The zero-order chi connectivity index (χ0) is 47.8. The third-order valence-corrected chi connectivity index (χ3v) is 13.6. The number of nitrogens with zero attached hydrogens (tertiary/aromatic N) is 10. The highest BCUT2D eigenvalue weighted by Crippen LogP contribution is 2.59. The molecule has 0 unspecified atom stereocenters. The van der Waals surface area contributed by atoms with Gasteiger partial charge in [-0.2, -0.15) is 20.2 Å². The Labute approximate surface area is 391 Å². The third-order valence-electron chi connectivity index (χ3n) is 13.6. The van der Waals surface area contributed by atoms with Crippen LogP contribution in [-0.2, 0) is 0 Å². The Morgan fingerprint density at radius 3 is 1.21 bits per heavy atom. The summed E-state index contributed by atoms with van der Waals surface area (Å²) in [5.41, 5.74) is 9.57. The Morgan fingerprint density at radius 1 is 0.412 bits per heavy atom. The van der Waals surface area contributed by atoms with Gasteiger partial charge in [-0.05, 0) is 97.6 Å². The van der Waals surface area contributed by atoms with Crippen molar-refractivity contribution in [2.75, 3.05) is 0 Å². The van der Waals surface area contributed by atoms with Crippen LogP contribution in [0.5, 0.6) is 0 Å². The lowest BCUT2D eigenvalue weighted by molar-refractivity contribution is 0.685. The maximum absolute atomic E-state index is 10.1. The lowest BCUT2D eigenvalue weighted by atomic mass is 9.78. The van der Waals surface area contributed by atoms with Gasteiger partial charge in [-0.1, -0.05) is 113 Å². The Bertz CT molecular complexity index is 3840. The van der Waals surface area contributed by atoms with Gasteiger partial charge in [0, 0.05) is 32.4 Å². The van der Waals surface area contributed by atoms with Gasteiger partial charge in [0.05, 0.1) is 52.9 Å². The molecule has 0 fully saturated rings. The van der Waals surface area contributed by atoms with Gasteiger partial charge >= 0.3 is 5.82 Å². The number of benzene rings is 6. The van der Waals surface area contributed by atoms with E-state index in [4.69, 9.17) is 26.3 Å². The summed E-state index contributed by atoms with van der Waals surface area (Å²) < 4.78 is 4.47. The van der Waals surface area contributed by atoms with E-state index < -0.39 is 10.8 Å². The first-order chi connectivity index (χ1) is 32.9. The third kappa shape index (κ3) is 5.68. The summed E-state index contributed by atoms with van der Waals surface area (Å²) in [4.78, 5) is 14.3. The fourth-order valence-electron chi connectivity index (χ4n) is 10.8. The number of fused-ring (bicyclic) bond motifs is 8. The fraction of sp³-hybridized carbons (Fsp3) is 0.103. The van der Waals surface area contributed by atoms with Crippen LogP contribution in [0.25, 0.3) is 108 Å². The second-order valence-corrected chi connectivity index (χ2v) is 17.7. The molecular formula is C58H32N10. The molecular weight excluding hydrogens is 837 g/mol. The topological polar surface area (TPSA) is 122 Å². The lowest BCUT2D eigenvalue weighted by Crippen LogP contribution is -2.11. The summed E-state index contributed by atoms with van der Waals surface area (Å²) in [5.74, 6) is -0.100. The first kappa shape index (κ1) is 41.8. The molecule has 0 spiro atoms. The van der Waals surface area contributed by atoms with E-state index in [2.05, 4.69) is 108 Å². The minimum absolute atomic E-state index is 0.0699. The summed E-state index contributed by atoms with van der Waals surface area (Å²) in [6, 6.07) is 49.0. The quantitative estimate of drug-likeness (QED) is 0.130. The molecule has 10 rings (SSSR count). The summed E-state index contributed by atoms with van der Waals surface area (Å²) >= 11 is 0. The molecule has 68 heavy (non-hydrogen) atoms. The largest absolute Gasteiger partial charge is 0.524 e. The van der Waals surface area contributed by atoms with Crippen molar-refractivity contribution in [1.29, 1.82) is 21.0 Å². The number of allylic oxidation sites excluding steroid dienone is 7. The zero-order valence-corrected chi connectivity index (χ0v) is 37.0. The van der Waals surface area contributed by atoms with Crippen LogP contribution in [0.1, 0.15) is 49.9 Å². The second kappa shape index (κ2) is 15.2. The van der Waals surface area contributed by atoms with E-state index in [9.17, 15) is 21.0 Å². The van der Waals surface area contributed by atoms with Gasteiger partial charge in [0.25, 0.3) is 11.4 Å². The maximum Gasteiger partial charge on any atom is 0.524 e. The average molecular weight is 869 g/mol. The monoisotopic (exact) mass is 868 g/mol. The molecule has 2 aliphatic carbocycles. The number of nitriles is 4. The van der Waals surface area contributed by atoms with Crippen LogP contribution in [-0.4, -0.2) is 9.35 Å². The van der Waals surface area contributed by atoms with Gasteiger partial charge in [-0.25, -0.2) is 29.6 Å². The molecule has 2 aliphatic rings. The molecule has 0 saturated carbocycles. The van der Waals surface area contributed by atoms with Crippen LogP contribution in [0.15, 0.2) is 144 Å². The molecule has 0 radical (unpaired) electrons. The Morgan fingerprint density at radius 2 is 0.794 bits per heavy atom. The van der Waals surface area contributed by atoms with Crippen LogP contribution >= 0.6 is 0 Å². The fourth-order valence-corrected chi connectivity index (χ4v) is 10.8. The first-order valence-corrected chi connectivity index (χ1v) is 21.4. The van der Waals surface area contributed by atoms with Crippen molar-refractivity contribution >= 4 is 65.9 Å². The maximum atomic E-state index is 10.1. The predicted octanol–water partition coefficient (Wildman–Crippen LogP) is 14.2. The van der Waals surface area contributed by atoms with Crippen LogP contribution in [0.4, 0.5) is 0 Å². The molecule has 0 N–H and O–H groups in total. The van der Waals surface area contributed by atoms with Gasteiger partial charge in [0.2, 0.25) is 0 Å². The van der Waals surface area contributed by atoms with Crippen LogP contribution in [0, 0.1) is 82.4 Å². The van der Waals surface area contributed by atoms with E-state index in [1.165, 1.54) is 0 Å². The van der Waals surface area contributed by atoms with Crippen molar-refractivity contribution in [2.24, 2.45) is 10.8 Å². The summed E-state index contributed by atoms with van der Waals surface area (Å²) in [5, 5.41) is 44.4. The molecule has 2 aromatic heterocycles. The molecule has 314 valence electrons. The molecule has 0 atom stereocenters. The van der Waals surface area contributed by atoms with E-state index in [1.54, 1.807) is 0 Å². The zero-order valence-electron chi connectivity index (χ0n) is 37.0. The number of aromatic nitrogens is 2. The smallest absolute Gasteiger partial charge is 0.248 e.